The molecule has 1 aliphatic rings. The van der Waals surface area contributed by atoms with Crippen LogP contribution in [0.3, 0.4) is 0 Å². The molecular formula is C14H15N7O5. The number of rotatable bonds is 5. The first kappa shape index (κ1) is 17.6. The third-order valence-corrected chi connectivity index (χ3v) is 3.74. The van der Waals surface area contributed by atoms with E-state index in [1.165, 1.54) is 26.5 Å². The first-order chi connectivity index (χ1) is 12.5. The average molecular weight is 361 g/mol. The Bertz CT molecular complexity index is 891. The summed E-state index contributed by atoms with van der Waals surface area (Å²) in [5.41, 5.74) is 9.33. The molecule has 0 saturated carbocycles. The lowest BCUT2D eigenvalue weighted by Crippen LogP contribution is -2.31. The van der Waals surface area contributed by atoms with Gasteiger partial charge in [-0.15, -0.1) is 0 Å². The van der Waals surface area contributed by atoms with Gasteiger partial charge in [0.15, 0.2) is 11.5 Å². The molecule has 3 rings (SSSR count). The molecule has 136 valence electrons. The minimum Gasteiger partial charge on any atom is -0.463 e. The number of carbonyl (C=O) groups excluding carboxylic acids is 2. The van der Waals surface area contributed by atoms with Gasteiger partial charge in [0.05, 0.1) is 6.33 Å². The zero-order valence-corrected chi connectivity index (χ0v) is 14.0. The van der Waals surface area contributed by atoms with Gasteiger partial charge in [-0.1, -0.05) is 0 Å². The van der Waals surface area contributed by atoms with E-state index in [9.17, 15) is 9.59 Å². The molecule has 12 heteroatoms. The number of hydrogen-bond donors (Lipinski definition) is 0. The number of esters is 2. The van der Waals surface area contributed by atoms with Crippen LogP contribution >= 0.6 is 0 Å². The van der Waals surface area contributed by atoms with Crippen molar-refractivity contribution >= 4 is 28.9 Å². The Morgan fingerprint density at radius 2 is 2.19 bits per heavy atom. The van der Waals surface area contributed by atoms with Gasteiger partial charge in [0.2, 0.25) is 0 Å². The molecule has 0 aliphatic carbocycles. The van der Waals surface area contributed by atoms with Crippen LogP contribution in [-0.2, 0) is 23.8 Å². The summed E-state index contributed by atoms with van der Waals surface area (Å²) in [4.78, 5) is 37.3. The molecule has 26 heavy (non-hydrogen) atoms. The molecule has 1 saturated heterocycles. The Balaban J connectivity index is 1.88. The maximum Gasteiger partial charge on any atom is 0.303 e. The first-order valence-corrected chi connectivity index (χ1v) is 7.68. The molecule has 0 amide bonds. The highest BCUT2D eigenvalue weighted by Gasteiger charge is 2.39. The second-order valence-corrected chi connectivity index (χ2v) is 5.53. The fourth-order valence-electron chi connectivity index (χ4n) is 2.72. The van der Waals surface area contributed by atoms with Gasteiger partial charge < -0.3 is 14.2 Å². The van der Waals surface area contributed by atoms with Crippen molar-refractivity contribution in [2.24, 2.45) is 5.11 Å². The highest BCUT2D eigenvalue weighted by atomic mass is 16.6. The highest BCUT2D eigenvalue weighted by Crippen LogP contribution is 2.34. The van der Waals surface area contributed by atoms with Gasteiger partial charge in [-0.2, -0.15) is 0 Å². The van der Waals surface area contributed by atoms with Crippen molar-refractivity contribution in [3.05, 3.63) is 23.1 Å². The van der Waals surface area contributed by atoms with Crippen LogP contribution in [0.5, 0.6) is 0 Å². The summed E-state index contributed by atoms with van der Waals surface area (Å²) in [5.74, 6) is -0.823. The monoisotopic (exact) mass is 361 g/mol. The molecule has 0 aromatic carbocycles. The molecule has 2 aromatic rings. The summed E-state index contributed by atoms with van der Waals surface area (Å²) in [6.07, 6.45) is 1.27. The smallest absolute Gasteiger partial charge is 0.303 e. The molecule has 3 heterocycles. The standard InChI is InChI=1S/C14H15N7O5/c1-7(22)24-4-10-9(25-8(2)23)3-11(26-10)21-6-18-12-13(19-20-15)16-5-17-14(12)21/h5-6,9-11H,3-4H2,1-2H3/t9-,10+,11+/m0/s1. The van der Waals surface area contributed by atoms with Crippen LogP contribution in [0.1, 0.15) is 26.5 Å². The van der Waals surface area contributed by atoms with Crippen LogP contribution in [0.2, 0.25) is 0 Å². The minimum atomic E-state index is -0.622. The Morgan fingerprint density at radius 3 is 2.88 bits per heavy atom. The van der Waals surface area contributed by atoms with Gasteiger partial charge in [-0.05, 0) is 10.6 Å². The van der Waals surface area contributed by atoms with Gasteiger partial charge in [-0.3, -0.25) is 14.2 Å². The van der Waals surface area contributed by atoms with Gasteiger partial charge in [0.1, 0.15) is 36.9 Å². The van der Waals surface area contributed by atoms with Gasteiger partial charge in [0, 0.05) is 25.2 Å². The number of nitrogens with zero attached hydrogens (tertiary/aromatic N) is 7. The van der Waals surface area contributed by atoms with Crippen molar-refractivity contribution in [3.8, 4) is 0 Å². The molecule has 12 nitrogen and oxygen atoms in total. The molecule has 0 N–H and O–H groups in total. The van der Waals surface area contributed by atoms with E-state index in [0.717, 1.165) is 0 Å². The lowest BCUT2D eigenvalue weighted by atomic mass is 10.2. The summed E-state index contributed by atoms with van der Waals surface area (Å²) in [6.45, 7) is 2.53. The van der Waals surface area contributed by atoms with Crippen molar-refractivity contribution in [2.75, 3.05) is 6.61 Å². The Kier molecular flexibility index (Phi) is 4.96. The summed E-state index contributed by atoms with van der Waals surface area (Å²) >= 11 is 0. The first-order valence-electron chi connectivity index (χ1n) is 7.68. The minimum absolute atomic E-state index is 0.0463. The van der Waals surface area contributed by atoms with Crippen LogP contribution in [0, 0.1) is 0 Å². The number of hydrogen-bond acceptors (Lipinski definition) is 9. The molecule has 0 radical (unpaired) electrons. The maximum absolute atomic E-state index is 11.3. The highest BCUT2D eigenvalue weighted by molar-refractivity contribution is 5.80. The molecule has 1 fully saturated rings. The van der Waals surface area contributed by atoms with Crippen LogP contribution in [0.4, 0.5) is 5.82 Å². The van der Waals surface area contributed by atoms with Crippen LogP contribution in [0.25, 0.3) is 21.6 Å². The largest absolute Gasteiger partial charge is 0.463 e. The zero-order chi connectivity index (χ0) is 18.7. The van der Waals surface area contributed by atoms with Crippen molar-refractivity contribution < 1.29 is 23.8 Å². The van der Waals surface area contributed by atoms with Crippen molar-refractivity contribution in [2.45, 2.75) is 38.7 Å². The summed E-state index contributed by atoms with van der Waals surface area (Å²) < 4.78 is 17.8. The number of ether oxygens (including phenoxy) is 3. The third kappa shape index (κ3) is 3.55. The van der Waals surface area contributed by atoms with Crippen LogP contribution in [0.15, 0.2) is 17.8 Å². The number of fused-ring (bicyclic) bond motifs is 1. The normalized spacial score (nSPS) is 22.0. The molecule has 1 aliphatic heterocycles. The number of carbonyl (C=O) groups is 2. The maximum atomic E-state index is 11.3. The van der Waals surface area contributed by atoms with E-state index in [4.69, 9.17) is 19.7 Å². The van der Waals surface area contributed by atoms with E-state index in [0.29, 0.717) is 17.6 Å². The molecule has 2 aromatic heterocycles. The summed E-state index contributed by atoms with van der Waals surface area (Å²) in [5, 5.41) is 3.48. The molecule has 0 unspecified atom stereocenters. The van der Waals surface area contributed by atoms with Gasteiger partial charge >= 0.3 is 11.9 Å². The zero-order valence-electron chi connectivity index (χ0n) is 14.0. The molecule has 3 atom stereocenters. The van der Waals surface area contributed by atoms with Crippen molar-refractivity contribution in [1.82, 2.24) is 19.5 Å². The van der Waals surface area contributed by atoms with E-state index in [1.807, 2.05) is 0 Å². The average Bonchev–Trinajstić information content (AvgIpc) is 3.17. The van der Waals surface area contributed by atoms with Crippen LogP contribution < -0.4 is 0 Å². The molecule has 0 spiro atoms. The fraction of sp³-hybridized carbons (Fsp3) is 0.500. The Hall–Kier alpha value is -3.24. The van der Waals surface area contributed by atoms with Crippen molar-refractivity contribution in [1.29, 1.82) is 0 Å². The second kappa shape index (κ2) is 7.33. The summed E-state index contributed by atoms with van der Waals surface area (Å²) in [6, 6.07) is 0. The number of imidazole rings is 1. The van der Waals surface area contributed by atoms with Crippen molar-refractivity contribution in [3.63, 3.8) is 0 Å². The second-order valence-electron chi connectivity index (χ2n) is 5.53. The number of aromatic nitrogens is 4. The van der Waals surface area contributed by atoms with Gasteiger partial charge in [0.25, 0.3) is 0 Å². The predicted octanol–water partition coefficient (Wildman–Crippen LogP) is 1.55. The Morgan fingerprint density at radius 1 is 1.38 bits per heavy atom. The van der Waals surface area contributed by atoms with Crippen LogP contribution in [-0.4, -0.2) is 50.3 Å². The van der Waals surface area contributed by atoms with E-state index in [1.54, 1.807) is 4.57 Å². The fourth-order valence-corrected chi connectivity index (χ4v) is 2.72. The molecule has 0 bridgehead atoms. The van der Waals surface area contributed by atoms with Gasteiger partial charge in [-0.25, -0.2) is 15.0 Å². The lowest BCUT2D eigenvalue weighted by molar-refractivity contribution is -0.155. The lowest BCUT2D eigenvalue weighted by Gasteiger charge is -2.17. The van der Waals surface area contributed by atoms with E-state index in [2.05, 4.69) is 25.0 Å². The third-order valence-electron chi connectivity index (χ3n) is 3.74. The quantitative estimate of drug-likeness (QED) is 0.336. The van der Waals surface area contributed by atoms with E-state index in [-0.39, 0.29) is 12.4 Å². The number of azide groups is 1. The van der Waals surface area contributed by atoms with E-state index >= 15 is 0 Å². The topological polar surface area (TPSA) is 154 Å². The summed E-state index contributed by atoms with van der Waals surface area (Å²) in [7, 11) is 0. The molecular weight excluding hydrogens is 346 g/mol. The Labute approximate surface area is 146 Å². The SMILES string of the molecule is CC(=O)OC[C@H]1O[C@@H](n2cnc3c(N=[N+]=[N-])ncnc32)C[C@@H]1OC(C)=O. The van der Waals surface area contributed by atoms with E-state index < -0.39 is 30.4 Å². The predicted molar refractivity (Wildman–Crippen MR) is 84.8 cm³/mol.